The molecule has 0 aliphatic carbocycles. The molecule has 3 saturated heterocycles. The van der Waals surface area contributed by atoms with Crippen molar-refractivity contribution in [1.29, 1.82) is 0 Å². The van der Waals surface area contributed by atoms with Crippen LogP contribution in [-0.2, 0) is 0 Å². The molecule has 4 rings (SSSR count). The number of thioether (sulfide) groups is 1. The monoisotopic (exact) mass is 205 g/mol. The maximum atomic E-state index is 2.56. The zero-order valence-corrected chi connectivity index (χ0v) is 9.26. The number of hydrogen-bond acceptors (Lipinski definition) is 2. The third-order valence-corrected chi connectivity index (χ3v) is 4.67. The fourth-order valence-electron chi connectivity index (χ4n) is 2.47. The van der Waals surface area contributed by atoms with Crippen LogP contribution >= 0.6 is 11.8 Å². The number of anilines is 1. The summed E-state index contributed by atoms with van der Waals surface area (Å²) in [5.74, 6) is 0. The van der Waals surface area contributed by atoms with Gasteiger partial charge < -0.3 is 4.90 Å². The molecule has 74 valence electrons. The Bertz CT molecular complexity index is 334. The van der Waals surface area contributed by atoms with Crippen LogP contribution in [0, 0.1) is 6.92 Å². The summed E-state index contributed by atoms with van der Waals surface area (Å²) in [7, 11) is 0. The van der Waals surface area contributed by atoms with Crippen molar-refractivity contribution in [3.63, 3.8) is 0 Å². The fourth-order valence-corrected chi connectivity index (χ4v) is 3.88. The van der Waals surface area contributed by atoms with Crippen molar-refractivity contribution in [3.8, 4) is 0 Å². The van der Waals surface area contributed by atoms with E-state index < -0.39 is 0 Å². The van der Waals surface area contributed by atoms with Crippen LogP contribution in [0.4, 0.5) is 5.69 Å². The average Bonchev–Trinajstić information content (AvgIpc) is 2.17. The Morgan fingerprint density at radius 3 is 2.50 bits per heavy atom. The number of piperidine rings is 1. The quantitative estimate of drug-likeness (QED) is 0.693. The van der Waals surface area contributed by atoms with Crippen molar-refractivity contribution < 1.29 is 0 Å². The van der Waals surface area contributed by atoms with Gasteiger partial charge in [-0.2, -0.15) is 11.8 Å². The summed E-state index contributed by atoms with van der Waals surface area (Å²) in [5.41, 5.74) is 2.86. The van der Waals surface area contributed by atoms with Crippen LogP contribution in [0.5, 0.6) is 0 Å². The van der Waals surface area contributed by atoms with Gasteiger partial charge in [0.2, 0.25) is 0 Å². The first-order valence-corrected chi connectivity index (χ1v) is 6.23. The van der Waals surface area contributed by atoms with Gasteiger partial charge in [0.25, 0.3) is 0 Å². The zero-order chi connectivity index (χ0) is 9.54. The smallest absolute Gasteiger partial charge is 0.0396 e. The Morgan fingerprint density at radius 1 is 1.21 bits per heavy atom. The molecule has 3 fully saturated rings. The lowest BCUT2D eigenvalue weighted by Gasteiger charge is -2.47. The fraction of sp³-hybridized carbons (Fsp3) is 0.500. The van der Waals surface area contributed by atoms with E-state index in [-0.39, 0.29) is 0 Å². The molecule has 3 heterocycles. The second kappa shape index (κ2) is 3.20. The summed E-state index contributed by atoms with van der Waals surface area (Å²) in [6.07, 6.45) is 1.45. The molecule has 3 aliphatic heterocycles. The molecular weight excluding hydrogens is 190 g/mol. The maximum Gasteiger partial charge on any atom is 0.0396 e. The molecule has 0 aromatic heterocycles. The van der Waals surface area contributed by atoms with Gasteiger partial charge in [-0.25, -0.2) is 0 Å². The second-order valence-electron chi connectivity index (χ2n) is 4.31. The van der Waals surface area contributed by atoms with Gasteiger partial charge >= 0.3 is 0 Å². The van der Waals surface area contributed by atoms with E-state index in [1.165, 1.54) is 30.8 Å². The molecule has 1 aromatic carbocycles. The summed E-state index contributed by atoms with van der Waals surface area (Å²) in [4.78, 5) is 2.56. The van der Waals surface area contributed by atoms with Crippen LogP contribution in [0.2, 0.25) is 0 Å². The molecule has 2 heteroatoms. The number of rotatable bonds is 1. The van der Waals surface area contributed by atoms with E-state index in [9.17, 15) is 0 Å². The molecule has 0 radical (unpaired) electrons. The van der Waals surface area contributed by atoms with E-state index in [1.807, 2.05) is 0 Å². The first-order valence-electron chi connectivity index (χ1n) is 5.29. The number of fused-ring (bicyclic) bond motifs is 2. The molecule has 3 aliphatic rings. The first kappa shape index (κ1) is 8.66. The standard InChI is InChI=1S/C12H15NS/c1-9-4-2-3-5-12(9)13-7-10-6-11(8-13)14-10/h2-5,10-11H,6-8H2,1H3. The van der Waals surface area contributed by atoms with E-state index in [1.54, 1.807) is 0 Å². The molecule has 0 saturated carbocycles. The van der Waals surface area contributed by atoms with Crippen LogP contribution < -0.4 is 4.90 Å². The molecule has 0 amide bonds. The SMILES string of the molecule is Cc1ccccc1N1CC2CC(C1)S2. The van der Waals surface area contributed by atoms with E-state index in [2.05, 4.69) is 47.9 Å². The van der Waals surface area contributed by atoms with Crippen molar-refractivity contribution in [2.75, 3.05) is 18.0 Å². The molecule has 0 N–H and O–H groups in total. The number of para-hydroxylation sites is 1. The van der Waals surface area contributed by atoms with Crippen LogP contribution in [0.15, 0.2) is 24.3 Å². The van der Waals surface area contributed by atoms with Crippen molar-refractivity contribution in [2.45, 2.75) is 23.8 Å². The Hall–Kier alpha value is -0.630. The molecule has 2 bridgehead atoms. The van der Waals surface area contributed by atoms with Gasteiger partial charge in [-0.15, -0.1) is 0 Å². The third-order valence-electron chi connectivity index (χ3n) is 3.21. The minimum Gasteiger partial charge on any atom is -0.369 e. The molecule has 14 heavy (non-hydrogen) atoms. The normalized spacial score (nSPS) is 29.9. The van der Waals surface area contributed by atoms with Crippen molar-refractivity contribution in [2.24, 2.45) is 0 Å². The minimum atomic E-state index is 0.911. The molecular formula is C12H15NS. The van der Waals surface area contributed by atoms with Gasteiger partial charge in [0.05, 0.1) is 0 Å². The highest BCUT2D eigenvalue weighted by Crippen LogP contribution is 2.43. The lowest BCUT2D eigenvalue weighted by Crippen LogP contribution is -2.51. The van der Waals surface area contributed by atoms with E-state index >= 15 is 0 Å². The highest BCUT2D eigenvalue weighted by molar-refractivity contribution is 8.02. The molecule has 1 aromatic rings. The van der Waals surface area contributed by atoms with E-state index in [0.717, 1.165) is 10.5 Å². The number of hydrogen-bond donors (Lipinski definition) is 0. The van der Waals surface area contributed by atoms with Crippen molar-refractivity contribution in [3.05, 3.63) is 29.8 Å². The molecule has 1 nitrogen and oxygen atoms in total. The largest absolute Gasteiger partial charge is 0.369 e. The summed E-state index contributed by atoms with van der Waals surface area (Å²) < 4.78 is 0. The van der Waals surface area contributed by atoms with Gasteiger partial charge in [0, 0.05) is 29.3 Å². The number of aryl methyl sites for hydroxylation is 1. The van der Waals surface area contributed by atoms with Gasteiger partial charge in [-0.1, -0.05) is 18.2 Å². The van der Waals surface area contributed by atoms with Crippen LogP contribution in [0.3, 0.4) is 0 Å². The molecule has 2 atom stereocenters. The second-order valence-corrected chi connectivity index (χ2v) is 5.91. The summed E-state index contributed by atoms with van der Waals surface area (Å²) in [5, 5.41) is 1.82. The zero-order valence-electron chi connectivity index (χ0n) is 8.44. The van der Waals surface area contributed by atoms with Gasteiger partial charge in [-0.05, 0) is 25.0 Å². The Kier molecular flexibility index (Phi) is 1.98. The summed E-state index contributed by atoms with van der Waals surface area (Å²) >= 11 is 2.18. The van der Waals surface area contributed by atoms with Crippen LogP contribution in [0.25, 0.3) is 0 Å². The minimum absolute atomic E-state index is 0.911. The Morgan fingerprint density at radius 2 is 1.86 bits per heavy atom. The van der Waals surface area contributed by atoms with E-state index in [4.69, 9.17) is 0 Å². The van der Waals surface area contributed by atoms with E-state index in [0.29, 0.717) is 0 Å². The topological polar surface area (TPSA) is 3.24 Å². The summed E-state index contributed by atoms with van der Waals surface area (Å²) in [6.45, 7) is 4.72. The number of nitrogens with zero attached hydrogens (tertiary/aromatic N) is 1. The number of benzene rings is 1. The van der Waals surface area contributed by atoms with Crippen LogP contribution in [-0.4, -0.2) is 23.6 Å². The molecule has 2 unspecified atom stereocenters. The third kappa shape index (κ3) is 1.33. The maximum absolute atomic E-state index is 2.56. The van der Waals surface area contributed by atoms with Crippen LogP contribution in [0.1, 0.15) is 12.0 Å². The lowest BCUT2D eigenvalue weighted by atomic mass is 10.1. The van der Waals surface area contributed by atoms with Crippen molar-refractivity contribution >= 4 is 17.4 Å². The van der Waals surface area contributed by atoms with Gasteiger partial charge in [0.1, 0.15) is 0 Å². The highest BCUT2D eigenvalue weighted by atomic mass is 32.2. The molecule has 0 spiro atoms. The predicted molar refractivity (Wildman–Crippen MR) is 63.2 cm³/mol. The predicted octanol–water partition coefficient (Wildman–Crippen LogP) is 2.69. The average molecular weight is 205 g/mol. The highest BCUT2D eigenvalue weighted by Gasteiger charge is 2.38. The van der Waals surface area contributed by atoms with Gasteiger partial charge in [0.15, 0.2) is 0 Å². The van der Waals surface area contributed by atoms with Gasteiger partial charge in [-0.3, -0.25) is 0 Å². The Labute approximate surface area is 89.5 Å². The van der Waals surface area contributed by atoms with Crippen molar-refractivity contribution in [1.82, 2.24) is 0 Å². The summed E-state index contributed by atoms with van der Waals surface area (Å²) in [6, 6.07) is 8.74. The Balaban J connectivity index is 1.85. The first-order chi connectivity index (χ1) is 6.83. The lowest BCUT2D eigenvalue weighted by molar-refractivity contribution is 0.557.